The van der Waals surface area contributed by atoms with Crippen LogP contribution in [0.3, 0.4) is 0 Å². The first-order valence-corrected chi connectivity index (χ1v) is 9.27. The second kappa shape index (κ2) is 7.86. The van der Waals surface area contributed by atoms with Gasteiger partial charge in [0.2, 0.25) is 5.91 Å². The average molecular weight is 369 g/mol. The monoisotopic (exact) mass is 369 g/mol. The molecule has 3 rings (SSSR count). The number of nitrogens with one attached hydrogen (secondary N) is 1. The zero-order valence-electron chi connectivity index (χ0n) is 15.1. The summed E-state index contributed by atoms with van der Waals surface area (Å²) in [5.41, 5.74) is 2.98. The second-order valence-corrected chi connectivity index (χ2v) is 7.36. The van der Waals surface area contributed by atoms with Crippen LogP contribution in [0, 0.1) is 12.8 Å². The smallest absolute Gasteiger partial charge is 0.371 e. The van der Waals surface area contributed by atoms with Crippen LogP contribution in [-0.2, 0) is 4.79 Å². The van der Waals surface area contributed by atoms with Crippen LogP contribution in [0.2, 0.25) is 0 Å². The largest absolute Gasteiger partial charge is 0.393 e. The molecule has 0 unspecified atom stereocenters. The zero-order valence-corrected chi connectivity index (χ0v) is 15.1. The van der Waals surface area contributed by atoms with E-state index in [9.17, 15) is 18.0 Å². The molecule has 2 heterocycles. The number of halogens is 3. The van der Waals surface area contributed by atoms with Gasteiger partial charge in [-0.2, -0.15) is 13.2 Å². The first kappa shape index (κ1) is 19.0. The normalized spacial score (nSPS) is 21.8. The number of benzene rings is 1. The van der Waals surface area contributed by atoms with Crippen molar-refractivity contribution in [1.82, 2.24) is 4.90 Å². The van der Waals surface area contributed by atoms with Gasteiger partial charge in [0.25, 0.3) is 0 Å². The van der Waals surface area contributed by atoms with Crippen LogP contribution in [0.5, 0.6) is 0 Å². The highest BCUT2D eigenvalue weighted by atomic mass is 19.4. The van der Waals surface area contributed by atoms with Crippen LogP contribution in [0.25, 0.3) is 0 Å². The van der Waals surface area contributed by atoms with Crippen molar-refractivity contribution in [3.8, 4) is 0 Å². The molecule has 144 valence electrons. The molecule has 1 aromatic rings. The maximum atomic E-state index is 12.9. The molecule has 1 N–H and O–H groups in total. The van der Waals surface area contributed by atoms with Crippen molar-refractivity contribution in [1.29, 1.82) is 0 Å². The lowest BCUT2D eigenvalue weighted by molar-refractivity contribution is -0.186. The third-order valence-corrected chi connectivity index (χ3v) is 5.26. The van der Waals surface area contributed by atoms with Crippen LogP contribution >= 0.6 is 0 Å². The van der Waals surface area contributed by atoms with E-state index in [1.165, 1.54) is 18.5 Å². The molecule has 0 radical (unpaired) electrons. The molecule has 0 aromatic heterocycles. The Kier molecular flexibility index (Phi) is 5.75. The van der Waals surface area contributed by atoms with Crippen molar-refractivity contribution < 1.29 is 18.0 Å². The minimum Gasteiger partial charge on any atom is -0.371 e. The Morgan fingerprint density at radius 2 is 1.92 bits per heavy atom. The fourth-order valence-corrected chi connectivity index (χ4v) is 3.92. The molecule has 0 aliphatic carbocycles. The van der Waals surface area contributed by atoms with Gasteiger partial charge in [-0.1, -0.05) is 0 Å². The second-order valence-electron chi connectivity index (χ2n) is 7.36. The molecule has 2 aliphatic heterocycles. The number of alkyl halides is 3. The summed E-state index contributed by atoms with van der Waals surface area (Å²) in [6.07, 6.45) is -1.16. The standard InChI is InChI=1S/C19H26F3N3O/c1-14-11-16(6-7-17(14)25-9-2-3-10-25)23-18(26)13-24-8-4-5-15(12-24)19(20,21)22/h6-7,11,15H,2-5,8-10,12-13H2,1H3,(H,23,26)/t15-/m0/s1. The number of nitrogens with zero attached hydrogens (tertiary/aromatic N) is 2. The molecule has 1 aromatic carbocycles. The SMILES string of the molecule is Cc1cc(NC(=O)CN2CCC[C@H](C(F)(F)F)C2)ccc1N1CCCC1. The minimum atomic E-state index is -4.18. The van der Waals surface area contributed by atoms with Gasteiger partial charge in [-0.3, -0.25) is 9.69 Å². The fourth-order valence-electron chi connectivity index (χ4n) is 3.92. The lowest BCUT2D eigenvalue weighted by atomic mass is 9.97. The molecule has 0 bridgehead atoms. The topological polar surface area (TPSA) is 35.6 Å². The van der Waals surface area contributed by atoms with E-state index in [0.29, 0.717) is 18.7 Å². The van der Waals surface area contributed by atoms with Crippen LogP contribution in [-0.4, -0.2) is 49.7 Å². The summed E-state index contributed by atoms with van der Waals surface area (Å²) in [5.74, 6) is -1.59. The van der Waals surface area contributed by atoms with Crippen LogP contribution in [0.1, 0.15) is 31.2 Å². The molecule has 2 aliphatic rings. The number of aryl methyl sites for hydroxylation is 1. The van der Waals surface area contributed by atoms with E-state index in [2.05, 4.69) is 10.2 Å². The highest BCUT2D eigenvalue weighted by Gasteiger charge is 2.41. The number of piperidine rings is 1. The molecule has 7 heteroatoms. The quantitative estimate of drug-likeness (QED) is 0.877. The molecule has 0 saturated carbocycles. The lowest BCUT2D eigenvalue weighted by Crippen LogP contribution is -2.44. The van der Waals surface area contributed by atoms with Crippen molar-refractivity contribution in [2.24, 2.45) is 5.92 Å². The number of hydrogen-bond acceptors (Lipinski definition) is 3. The number of rotatable bonds is 4. The van der Waals surface area contributed by atoms with Gasteiger partial charge in [-0.15, -0.1) is 0 Å². The van der Waals surface area contributed by atoms with Crippen molar-refractivity contribution in [2.45, 2.75) is 38.8 Å². The number of hydrogen-bond donors (Lipinski definition) is 1. The summed E-state index contributed by atoms with van der Waals surface area (Å²) in [4.78, 5) is 16.2. The first-order chi connectivity index (χ1) is 12.3. The van der Waals surface area contributed by atoms with Crippen LogP contribution in [0.4, 0.5) is 24.5 Å². The van der Waals surface area contributed by atoms with Crippen LogP contribution < -0.4 is 10.2 Å². The lowest BCUT2D eigenvalue weighted by Gasteiger charge is -2.33. The Bertz CT molecular complexity index is 641. The van der Waals surface area contributed by atoms with E-state index in [1.807, 2.05) is 25.1 Å². The van der Waals surface area contributed by atoms with E-state index >= 15 is 0 Å². The molecule has 1 amide bonds. The van der Waals surface area contributed by atoms with E-state index in [4.69, 9.17) is 0 Å². The van der Waals surface area contributed by atoms with Crippen LogP contribution in [0.15, 0.2) is 18.2 Å². The Balaban J connectivity index is 1.55. The maximum absolute atomic E-state index is 12.9. The number of amides is 1. The van der Waals surface area contributed by atoms with E-state index in [0.717, 1.165) is 18.7 Å². The van der Waals surface area contributed by atoms with Gasteiger partial charge in [0.1, 0.15) is 0 Å². The third kappa shape index (κ3) is 4.69. The van der Waals surface area contributed by atoms with Gasteiger partial charge >= 0.3 is 6.18 Å². The predicted octanol–water partition coefficient (Wildman–Crippen LogP) is 3.81. The molecule has 4 nitrogen and oxygen atoms in total. The Hall–Kier alpha value is -1.76. The number of likely N-dealkylation sites (tertiary alicyclic amines) is 1. The Labute approximate surface area is 152 Å². The van der Waals surface area contributed by atoms with E-state index in [1.54, 1.807) is 4.90 Å². The Morgan fingerprint density at radius 3 is 2.58 bits per heavy atom. The van der Waals surface area contributed by atoms with Gasteiger partial charge < -0.3 is 10.2 Å². The average Bonchev–Trinajstić information content (AvgIpc) is 3.08. The van der Waals surface area contributed by atoms with Crippen molar-refractivity contribution in [3.05, 3.63) is 23.8 Å². The molecule has 0 spiro atoms. The predicted molar refractivity (Wildman–Crippen MR) is 96.5 cm³/mol. The molecule has 26 heavy (non-hydrogen) atoms. The molecule has 2 saturated heterocycles. The summed E-state index contributed by atoms with van der Waals surface area (Å²) in [6.45, 7) is 4.57. The third-order valence-electron chi connectivity index (χ3n) is 5.26. The van der Waals surface area contributed by atoms with E-state index < -0.39 is 12.1 Å². The number of carbonyl (C=O) groups is 1. The maximum Gasteiger partial charge on any atom is 0.393 e. The van der Waals surface area contributed by atoms with Crippen molar-refractivity contribution in [2.75, 3.05) is 42.9 Å². The van der Waals surface area contributed by atoms with Gasteiger partial charge in [0.05, 0.1) is 12.5 Å². The summed E-state index contributed by atoms with van der Waals surface area (Å²) < 4.78 is 38.6. The van der Waals surface area contributed by atoms with E-state index in [-0.39, 0.29) is 25.4 Å². The van der Waals surface area contributed by atoms with Gasteiger partial charge in [-0.25, -0.2) is 0 Å². The van der Waals surface area contributed by atoms with Crippen molar-refractivity contribution in [3.63, 3.8) is 0 Å². The van der Waals surface area contributed by atoms with Gasteiger partial charge in [-0.05, 0) is 62.9 Å². The summed E-state index contributed by atoms with van der Waals surface area (Å²) in [7, 11) is 0. The highest BCUT2D eigenvalue weighted by molar-refractivity contribution is 5.92. The molecular weight excluding hydrogens is 343 g/mol. The fraction of sp³-hybridized carbons (Fsp3) is 0.632. The summed E-state index contributed by atoms with van der Waals surface area (Å²) in [6, 6.07) is 5.81. The molecule has 1 atom stereocenters. The highest BCUT2D eigenvalue weighted by Crippen LogP contribution is 2.33. The molecular formula is C19H26F3N3O. The van der Waals surface area contributed by atoms with Crippen molar-refractivity contribution >= 4 is 17.3 Å². The summed E-state index contributed by atoms with van der Waals surface area (Å²) >= 11 is 0. The van der Waals surface area contributed by atoms with Gasteiger partial charge in [0, 0.05) is 31.0 Å². The number of anilines is 2. The molecule has 2 fully saturated rings. The zero-order chi connectivity index (χ0) is 18.7. The Morgan fingerprint density at radius 1 is 1.19 bits per heavy atom. The minimum absolute atomic E-state index is 0.000492. The first-order valence-electron chi connectivity index (χ1n) is 9.27. The van der Waals surface area contributed by atoms with Gasteiger partial charge in [0.15, 0.2) is 0 Å². The number of carbonyl (C=O) groups excluding carboxylic acids is 1. The summed E-state index contributed by atoms with van der Waals surface area (Å²) in [5, 5.41) is 2.82.